The number of benzene rings is 1. The van der Waals surface area contributed by atoms with E-state index in [0.29, 0.717) is 5.56 Å². The Morgan fingerprint density at radius 3 is 2.61 bits per heavy atom. The molecule has 0 aliphatic carbocycles. The highest BCUT2D eigenvalue weighted by Crippen LogP contribution is 2.10. The molecule has 0 spiro atoms. The van der Waals surface area contributed by atoms with Gasteiger partial charge in [-0.05, 0) is 42.6 Å². The number of nitrogens with one attached hydrogen (secondary N) is 2. The molecule has 0 aliphatic heterocycles. The number of rotatable bonds is 7. The van der Waals surface area contributed by atoms with E-state index in [1.165, 1.54) is 29.1 Å². The Balaban J connectivity index is 1.68. The van der Waals surface area contributed by atoms with E-state index in [2.05, 4.69) is 10.6 Å². The number of hydrogen-bond donors (Lipinski definition) is 2. The second-order valence-electron chi connectivity index (χ2n) is 5.26. The van der Waals surface area contributed by atoms with Crippen molar-refractivity contribution in [2.24, 2.45) is 0 Å². The summed E-state index contributed by atoms with van der Waals surface area (Å²) in [5.41, 5.74) is 0.373. The lowest BCUT2D eigenvalue weighted by atomic mass is 10.2. The van der Waals surface area contributed by atoms with Gasteiger partial charge in [-0.2, -0.15) is 0 Å². The lowest BCUT2D eigenvalue weighted by Gasteiger charge is -2.13. The minimum absolute atomic E-state index is 0.0500. The maximum absolute atomic E-state index is 12.8. The van der Waals surface area contributed by atoms with Crippen molar-refractivity contribution in [1.82, 2.24) is 10.6 Å². The first-order valence-electron chi connectivity index (χ1n) is 7.40. The lowest BCUT2D eigenvalue weighted by molar-refractivity contribution is -0.121. The highest BCUT2D eigenvalue weighted by molar-refractivity contribution is 7.09. The van der Waals surface area contributed by atoms with Gasteiger partial charge in [-0.3, -0.25) is 9.59 Å². The van der Waals surface area contributed by atoms with Gasteiger partial charge < -0.3 is 10.6 Å². The predicted octanol–water partition coefficient (Wildman–Crippen LogP) is 2.75. The smallest absolute Gasteiger partial charge is 0.251 e. The van der Waals surface area contributed by atoms with Crippen LogP contribution in [-0.2, 0) is 11.2 Å². The van der Waals surface area contributed by atoms with Gasteiger partial charge >= 0.3 is 0 Å². The van der Waals surface area contributed by atoms with Crippen molar-refractivity contribution in [3.8, 4) is 0 Å². The summed E-state index contributed by atoms with van der Waals surface area (Å²) in [7, 11) is 0. The Labute approximate surface area is 138 Å². The molecule has 0 bridgehead atoms. The number of halogens is 1. The maximum Gasteiger partial charge on any atom is 0.251 e. The average Bonchev–Trinajstić information content (AvgIpc) is 3.00. The Bertz CT molecular complexity index is 641. The van der Waals surface area contributed by atoms with Crippen LogP contribution in [-0.4, -0.2) is 24.4 Å². The number of thiophene rings is 1. The van der Waals surface area contributed by atoms with Crippen molar-refractivity contribution in [2.45, 2.75) is 25.8 Å². The zero-order valence-electron chi connectivity index (χ0n) is 12.8. The monoisotopic (exact) mass is 334 g/mol. The standard InChI is InChI=1S/C17H19FN2O2S/c1-12(11-15-3-2-10-23-15)20-16(21)8-9-19-17(22)13-4-6-14(18)7-5-13/h2-7,10,12H,8-9,11H2,1H3,(H,19,22)(H,20,21)/t12-/m1/s1. The number of carbonyl (C=O) groups excluding carboxylic acids is 2. The van der Waals surface area contributed by atoms with Crippen molar-refractivity contribution in [3.05, 3.63) is 58.0 Å². The van der Waals surface area contributed by atoms with Crippen LogP contribution < -0.4 is 10.6 Å². The van der Waals surface area contributed by atoms with Crippen LogP contribution in [0.15, 0.2) is 41.8 Å². The highest BCUT2D eigenvalue weighted by atomic mass is 32.1. The third-order valence-corrected chi connectivity index (χ3v) is 4.14. The Morgan fingerprint density at radius 1 is 1.22 bits per heavy atom. The van der Waals surface area contributed by atoms with Gasteiger partial charge in [-0.15, -0.1) is 11.3 Å². The average molecular weight is 334 g/mol. The summed E-state index contributed by atoms with van der Waals surface area (Å²) in [6.45, 7) is 2.20. The summed E-state index contributed by atoms with van der Waals surface area (Å²) in [5, 5.41) is 7.56. The van der Waals surface area contributed by atoms with Crippen LogP contribution in [0, 0.1) is 5.82 Å². The zero-order chi connectivity index (χ0) is 16.7. The van der Waals surface area contributed by atoms with Gasteiger partial charge in [0.05, 0.1) is 0 Å². The van der Waals surface area contributed by atoms with Crippen molar-refractivity contribution in [1.29, 1.82) is 0 Å². The van der Waals surface area contributed by atoms with Gasteiger partial charge in [0, 0.05) is 35.9 Å². The van der Waals surface area contributed by atoms with E-state index in [-0.39, 0.29) is 36.6 Å². The van der Waals surface area contributed by atoms with E-state index in [1.807, 2.05) is 24.4 Å². The third kappa shape index (κ3) is 5.83. The molecule has 2 rings (SSSR count). The number of carbonyl (C=O) groups is 2. The Morgan fingerprint density at radius 2 is 1.96 bits per heavy atom. The van der Waals surface area contributed by atoms with Crippen LogP contribution in [0.5, 0.6) is 0 Å². The van der Waals surface area contributed by atoms with Gasteiger partial charge in [-0.1, -0.05) is 6.07 Å². The van der Waals surface area contributed by atoms with E-state index >= 15 is 0 Å². The molecule has 0 fully saturated rings. The van der Waals surface area contributed by atoms with Crippen LogP contribution in [0.1, 0.15) is 28.6 Å². The SMILES string of the molecule is C[C@H](Cc1cccs1)NC(=O)CCNC(=O)c1ccc(F)cc1. The summed E-state index contributed by atoms with van der Waals surface area (Å²) in [5.74, 6) is -0.807. The summed E-state index contributed by atoms with van der Waals surface area (Å²) in [6.07, 6.45) is 1.01. The van der Waals surface area contributed by atoms with Crippen molar-refractivity contribution >= 4 is 23.2 Å². The predicted molar refractivity (Wildman–Crippen MR) is 89.0 cm³/mol. The number of amides is 2. The zero-order valence-corrected chi connectivity index (χ0v) is 13.7. The molecular formula is C17H19FN2O2S. The summed E-state index contributed by atoms with van der Waals surface area (Å²) < 4.78 is 12.8. The molecule has 122 valence electrons. The fraction of sp³-hybridized carbons (Fsp3) is 0.294. The third-order valence-electron chi connectivity index (χ3n) is 3.24. The molecule has 6 heteroatoms. The normalized spacial score (nSPS) is 11.7. The second-order valence-corrected chi connectivity index (χ2v) is 6.30. The molecule has 0 aliphatic rings. The molecule has 2 aromatic rings. The largest absolute Gasteiger partial charge is 0.353 e. The molecule has 1 heterocycles. The molecular weight excluding hydrogens is 315 g/mol. The molecule has 1 aromatic heterocycles. The minimum atomic E-state index is -0.388. The van der Waals surface area contributed by atoms with Crippen LogP contribution in [0.3, 0.4) is 0 Å². The van der Waals surface area contributed by atoms with E-state index in [0.717, 1.165) is 6.42 Å². The Hall–Kier alpha value is -2.21. The molecule has 0 radical (unpaired) electrons. The van der Waals surface area contributed by atoms with Crippen LogP contribution in [0.25, 0.3) is 0 Å². The van der Waals surface area contributed by atoms with Gasteiger partial charge in [0.2, 0.25) is 5.91 Å². The maximum atomic E-state index is 12.8. The van der Waals surface area contributed by atoms with E-state index in [4.69, 9.17) is 0 Å². The fourth-order valence-electron chi connectivity index (χ4n) is 2.12. The molecule has 4 nitrogen and oxygen atoms in total. The highest BCUT2D eigenvalue weighted by Gasteiger charge is 2.10. The first-order chi connectivity index (χ1) is 11.0. The first-order valence-corrected chi connectivity index (χ1v) is 8.28. The molecule has 1 atom stereocenters. The van der Waals surface area contributed by atoms with E-state index in [9.17, 15) is 14.0 Å². The van der Waals surface area contributed by atoms with Gasteiger partial charge in [0.15, 0.2) is 0 Å². The minimum Gasteiger partial charge on any atom is -0.353 e. The van der Waals surface area contributed by atoms with Crippen LogP contribution in [0.2, 0.25) is 0 Å². The number of hydrogen-bond acceptors (Lipinski definition) is 3. The molecule has 2 amide bonds. The first kappa shape index (κ1) is 17.1. The fourth-order valence-corrected chi connectivity index (χ4v) is 2.96. The molecule has 2 N–H and O–H groups in total. The van der Waals surface area contributed by atoms with E-state index < -0.39 is 0 Å². The molecule has 0 saturated heterocycles. The van der Waals surface area contributed by atoms with Gasteiger partial charge in [-0.25, -0.2) is 4.39 Å². The van der Waals surface area contributed by atoms with Crippen LogP contribution >= 0.6 is 11.3 Å². The van der Waals surface area contributed by atoms with Crippen LogP contribution in [0.4, 0.5) is 4.39 Å². The van der Waals surface area contributed by atoms with E-state index in [1.54, 1.807) is 11.3 Å². The summed E-state index contributed by atoms with van der Waals surface area (Å²) in [6, 6.07) is 9.35. The molecule has 1 aromatic carbocycles. The topological polar surface area (TPSA) is 58.2 Å². The molecule has 0 unspecified atom stereocenters. The van der Waals surface area contributed by atoms with Crippen molar-refractivity contribution in [3.63, 3.8) is 0 Å². The van der Waals surface area contributed by atoms with Gasteiger partial charge in [0.1, 0.15) is 5.82 Å². The van der Waals surface area contributed by atoms with Crippen molar-refractivity contribution < 1.29 is 14.0 Å². The summed E-state index contributed by atoms with van der Waals surface area (Å²) in [4.78, 5) is 24.9. The summed E-state index contributed by atoms with van der Waals surface area (Å²) >= 11 is 1.66. The van der Waals surface area contributed by atoms with Crippen molar-refractivity contribution in [2.75, 3.05) is 6.54 Å². The lowest BCUT2D eigenvalue weighted by Crippen LogP contribution is -2.36. The Kier molecular flexibility index (Phi) is 6.29. The van der Waals surface area contributed by atoms with Gasteiger partial charge in [0.25, 0.3) is 5.91 Å². The second kappa shape index (κ2) is 8.43. The molecule has 23 heavy (non-hydrogen) atoms. The quantitative estimate of drug-likeness (QED) is 0.818. The molecule has 0 saturated carbocycles.